The highest BCUT2D eigenvalue weighted by Gasteiger charge is 2.28. The van der Waals surface area contributed by atoms with E-state index in [1.807, 2.05) is 48.5 Å². The van der Waals surface area contributed by atoms with Gasteiger partial charge in [-0.2, -0.15) is 4.31 Å². The molecule has 10 heteroatoms. The number of hydrogen-bond acceptors (Lipinski definition) is 7. The normalized spacial score (nSPS) is 15.0. The third-order valence-electron chi connectivity index (χ3n) is 5.22. The molecule has 2 aromatic carbocycles. The minimum absolute atomic E-state index is 0.106. The van der Waals surface area contributed by atoms with Gasteiger partial charge in [0, 0.05) is 29.2 Å². The van der Waals surface area contributed by atoms with Crippen molar-refractivity contribution in [1.29, 1.82) is 0 Å². The Balaban J connectivity index is 1.27. The summed E-state index contributed by atoms with van der Waals surface area (Å²) in [4.78, 5) is 18.0. The summed E-state index contributed by atoms with van der Waals surface area (Å²) < 4.78 is 33.6. The van der Waals surface area contributed by atoms with Crippen molar-refractivity contribution < 1.29 is 17.9 Å². The van der Waals surface area contributed by atoms with Gasteiger partial charge in [-0.05, 0) is 36.4 Å². The number of para-hydroxylation sites is 1. The summed E-state index contributed by atoms with van der Waals surface area (Å²) in [6, 6.07) is 18.8. The van der Waals surface area contributed by atoms with E-state index in [9.17, 15) is 13.2 Å². The molecule has 0 bridgehead atoms. The summed E-state index contributed by atoms with van der Waals surface area (Å²) in [6.45, 7) is 1.49. The first-order chi connectivity index (χ1) is 16.0. The Kier molecular flexibility index (Phi) is 6.26. The molecule has 33 heavy (non-hydrogen) atoms. The van der Waals surface area contributed by atoms with Gasteiger partial charge in [-0.1, -0.05) is 24.3 Å². The van der Waals surface area contributed by atoms with Gasteiger partial charge in [0.1, 0.15) is 9.22 Å². The van der Waals surface area contributed by atoms with E-state index in [1.165, 1.54) is 4.31 Å². The standard InChI is InChI=1S/C23H21N3O4S3/c27-21(15-18-8-9-22(31-18)33(28,29)26-10-12-30-13-11-26)24-17-5-3-4-16(14-17)23-25-19-6-1-2-7-20(19)32-23/h1-9,14H,10-13,15H2,(H,24,27). The molecule has 3 heterocycles. The van der Waals surface area contributed by atoms with E-state index in [0.29, 0.717) is 36.9 Å². The number of sulfonamides is 1. The molecule has 1 saturated heterocycles. The van der Waals surface area contributed by atoms with Gasteiger partial charge in [-0.3, -0.25) is 4.79 Å². The maximum atomic E-state index is 12.8. The highest BCUT2D eigenvalue weighted by molar-refractivity contribution is 7.91. The molecule has 1 fully saturated rings. The van der Waals surface area contributed by atoms with Crippen molar-refractivity contribution in [2.24, 2.45) is 0 Å². The Morgan fingerprint density at radius 1 is 1.03 bits per heavy atom. The first-order valence-electron chi connectivity index (χ1n) is 10.4. The Hall–Kier alpha value is -2.63. The molecule has 2 aromatic heterocycles. The summed E-state index contributed by atoms with van der Waals surface area (Å²) >= 11 is 2.74. The zero-order chi connectivity index (χ0) is 22.8. The Bertz CT molecular complexity index is 1370. The van der Waals surface area contributed by atoms with Crippen LogP contribution < -0.4 is 5.32 Å². The van der Waals surface area contributed by atoms with Gasteiger partial charge in [-0.25, -0.2) is 13.4 Å². The van der Waals surface area contributed by atoms with Crippen molar-refractivity contribution in [2.75, 3.05) is 31.6 Å². The summed E-state index contributed by atoms with van der Waals surface area (Å²) in [5.74, 6) is -0.200. The van der Waals surface area contributed by atoms with Gasteiger partial charge in [0.15, 0.2) is 0 Å². The SMILES string of the molecule is O=C(Cc1ccc(S(=O)(=O)N2CCOCC2)s1)Nc1cccc(-c2nc3ccccc3s2)c1. The second-order valence-corrected chi connectivity index (χ2v) is 11.9. The van der Waals surface area contributed by atoms with E-state index in [4.69, 9.17) is 4.74 Å². The smallest absolute Gasteiger partial charge is 0.252 e. The number of rotatable bonds is 6. The van der Waals surface area contributed by atoms with Gasteiger partial charge in [0.25, 0.3) is 10.0 Å². The number of carbonyl (C=O) groups excluding carboxylic acids is 1. The fraction of sp³-hybridized carbons (Fsp3) is 0.217. The van der Waals surface area contributed by atoms with E-state index in [2.05, 4.69) is 10.3 Å². The summed E-state index contributed by atoms with van der Waals surface area (Å²) in [7, 11) is -3.55. The number of benzene rings is 2. The first-order valence-corrected chi connectivity index (χ1v) is 13.5. The number of nitrogens with zero attached hydrogens (tertiary/aromatic N) is 2. The molecule has 0 atom stereocenters. The van der Waals surface area contributed by atoms with Crippen LogP contribution >= 0.6 is 22.7 Å². The summed E-state index contributed by atoms with van der Waals surface area (Å²) in [5, 5.41) is 3.81. The molecule has 0 unspecified atom stereocenters. The number of amides is 1. The summed E-state index contributed by atoms with van der Waals surface area (Å²) in [5.41, 5.74) is 2.56. The van der Waals surface area contributed by atoms with E-state index in [-0.39, 0.29) is 16.5 Å². The number of thiophene rings is 1. The average molecular weight is 500 g/mol. The second kappa shape index (κ2) is 9.32. The molecule has 0 saturated carbocycles. The second-order valence-electron chi connectivity index (χ2n) is 7.53. The van der Waals surface area contributed by atoms with Gasteiger partial charge in [-0.15, -0.1) is 22.7 Å². The number of morpholine rings is 1. The quantitative estimate of drug-likeness (QED) is 0.429. The molecule has 1 amide bonds. The van der Waals surface area contributed by atoms with Gasteiger partial charge in [0.2, 0.25) is 5.91 Å². The Morgan fingerprint density at radius 2 is 1.85 bits per heavy atom. The zero-order valence-corrected chi connectivity index (χ0v) is 20.0. The fourth-order valence-corrected chi connectivity index (χ4v) is 7.47. The number of fused-ring (bicyclic) bond motifs is 1. The number of ether oxygens (including phenoxy) is 1. The van der Waals surface area contributed by atoms with Crippen LogP contribution in [0.15, 0.2) is 64.9 Å². The van der Waals surface area contributed by atoms with Gasteiger partial charge < -0.3 is 10.1 Å². The zero-order valence-electron chi connectivity index (χ0n) is 17.6. The maximum Gasteiger partial charge on any atom is 0.252 e. The van der Waals surface area contributed by atoms with Gasteiger partial charge >= 0.3 is 0 Å². The molecule has 0 spiro atoms. The Morgan fingerprint density at radius 3 is 2.67 bits per heavy atom. The van der Waals surface area contributed by atoms with Crippen molar-refractivity contribution in [3.63, 3.8) is 0 Å². The van der Waals surface area contributed by atoms with Gasteiger partial charge in [0.05, 0.1) is 29.9 Å². The fourth-order valence-electron chi connectivity index (χ4n) is 3.60. The van der Waals surface area contributed by atoms with Crippen LogP contribution in [0.1, 0.15) is 4.88 Å². The van der Waals surface area contributed by atoms with E-state index >= 15 is 0 Å². The van der Waals surface area contributed by atoms with Crippen LogP contribution in [-0.2, 0) is 26.0 Å². The van der Waals surface area contributed by atoms with E-state index < -0.39 is 10.0 Å². The highest BCUT2D eigenvalue weighted by atomic mass is 32.2. The average Bonchev–Trinajstić information content (AvgIpc) is 3.47. The topological polar surface area (TPSA) is 88.6 Å². The van der Waals surface area contributed by atoms with Crippen LogP contribution in [0.3, 0.4) is 0 Å². The first kappa shape index (κ1) is 22.2. The molecule has 170 valence electrons. The van der Waals surface area contributed by atoms with Crippen molar-refractivity contribution in [3.8, 4) is 10.6 Å². The monoisotopic (exact) mass is 499 g/mol. The lowest BCUT2D eigenvalue weighted by atomic mass is 10.2. The number of carbonyl (C=O) groups is 1. The molecule has 5 rings (SSSR count). The minimum atomic E-state index is -3.55. The number of anilines is 1. The van der Waals surface area contributed by atoms with Crippen LogP contribution in [0.4, 0.5) is 5.69 Å². The van der Waals surface area contributed by atoms with Crippen LogP contribution in [0, 0.1) is 0 Å². The minimum Gasteiger partial charge on any atom is -0.379 e. The molecule has 4 aromatic rings. The maximum absolute atomic E-state index is 12.8. The van der Waals surface area contributed by atoms with Crippen LogP contribution in [-0.4, -0.2) is 49.9 Å². The Labute approximate surface area is 199 Å². The van der Waals surface area contributed by atoms with E-state index in [1.54, 1.807) is 23.5 Å². The highest BCUT2D eigenvalue weighted by Crippen LogP contribution is 2.31. The predicted molar refractivity (Wildman–Crippen MR) is 131 cm³/mol. The third kappa shape index (κ3) is 4.85. The molecule has 1 N–H and O–H groups in total. The number of aromatic nitrogens is 1. The summed E-state index contributed by atoms with van der Waals surface area (Å²) in [6.07, 6.45) is 0.106. The lowest BCUT2D eigenvalue weighted by Gasteiger charge is -2.25. The van der Waals surface area contributed by atoms with Crippen molar-refractivity contribution in [1.82, 2.24) is 9.29 Å². The lowest BCUT2D eigenvalue weighted by molar-refractivity contribution is -0.115. The molecular weight excluding hydrogens is 478 g/mol. The van der Waals surface area contributed by atoms with E-state index in [0.717, 1.165) is 32.1 Å². The molecule has 1 aliphatic heterocycles. The van der Waals surface area contributed by atoms with Crippen LogP contribution in [0.2, 0.25) is 0 Å². The molecule has 1 aliphatic rings. The largest absolute Gasteiger partial charge is 0.379 e. The molecule has 0 aliphatic carbocycles. The van der Waals surface area contributed by atoms with Crippen molar-refractivity contribution in [2.45, 2.75) is 10.6 Å². The molecular formula is C23H21N3O4S3. The number of nitrogens with one attached hydrogen (secondary N) is 1. The third-order valence-corrected chi connectivity index (χ3v) is 9.76. The van der Waals surface area contributed by atoms with Crippen molar-refractivity contribution in [3.05, 3.63) is 65.5 Å². The lowest BCUT2D eigenvalue weighted by Crippen LogP contribution is -2.40. The molecule has 7 nitrogen and oxygen atoms in total. The van der Waals surface area contributed by atoms with Crippen LogP contribution in [0.5, 0.6) is 0 Å². The predicted octanol–water partition coefficient (Wildman–Crippen LogP) is 4.23. The molecule has 0 radical (unpaired) electrons. The van der Waals surface area contributed by atoms with Crippen molar-refractivity contribution >= 4 is 54.5 Å². The number of hydrogen-bond donors (Lipinski definition) is 1. The number of thiazole rings is 1. The van der Waals surface area contributed by atoms with Crippen LogP contribution in [0.25, 0.3) is 20.8 Å².